The Morgan fingerprint density at radius 1 is 0.706 bits per heavy atom. The van der Waals surface area contributed by atoms with Gasteiger partial charge in [-0.3, -0.25) is 0 Å². The van der Waals surface area contributed by atoms with Gasteiger partial charge in [-0.05, 0) is 12.1 Å². The minimum atomic E-state index is 1.02. The van der Waals surface area contributed by atoms with Gasteiger partial charge in [-0.15, -0.1) is 0 Å². The van der Waals surface area contributed by atoms with E-state index in [2.05, 4.69) is 73.2 Å². The second-order valence-corrected chi connectivity index (χ2v) is 3.90. The maximum Gasteiger partial charge on any atom is 0.0707 e. The van der Waals surface area contributed by atoms with Crippen LogP contribution < -0.4 is 5.12 Å². The Balaban J connectivity index is 3.01. The number of para-hydroxylation sites is 1. The van der Waals surface area contributed by atoms with Gasteiger partial charge >= 0.3 is 0 Å². The van der Waals surface area contributed by atoms with Gasteiger partial charge in [0.2, 0.25) is 0 Å². The molecule has 0 aliphatic heterocycles. The van der Waals surface area contributed by atoms with Crippen LogP contribution in [0.1, 0.15) is 27.7 Å². The van der Waals surface area contributed by atoms with E-state index in [9.17, 15) is 0 Å². The van der Waals surface area contributed by atoms with Crippen molar-refractivity contribution in [1.82, 2.24) is 10.0 Å². The molecule has 0 aromatic heterocycles. The van der Waals surface area contributed by atoms with Crippen LogP contribution in [-0.2, 0) is 0 Å². The molecular formula is C14H25N3. The summed E-state index contributed by atoms with van der Waals surface area (Å²) in [7, 11) is 0. The lowest BCUT2D eigenvalue weighted by molar-refractivity contribution is 0.114. The van der Waals surface area contributed by atoms with Gasteiger partial charge in [-0.25, -0.2) is 15.1 Å². The van der Waals surface area contributed by atoms with Crippen molar-refractivity contribution in [3.8, 4) is 0 Å². The molecule has 0 spiro atoms. The maximum absolute atomic E-state index is 2.35. The number of hydrogen-bond acceptors (Lipinski definition) is 3. The lowest BCUT2D eigenvalue weighted by Crippen LogP contribution is -2.53. The molecule has 0 amide bonds. The summed E-state index contributed by atoms with van der Waals surface area (Å²) in [6.07, 6.45) is 0. The van der Waals surface area contributed by atoms with E-state index in [4.69, 9.17) is 0 Å². The predicted octanol–water partition coefficient (Wildman–Crippen LogP) is 3.01. The van der Waals surface area contributed by atoms with Gasteiger partial charge in [0.25, 0.3) is 0 Å². The Labute approximate surface area is 106 Å². The minimum Gasteiger partial charge on any atom is -0.236 e. The number of hydrazine groups is 2. The highest BCUT2D eigenvalue weighted by atomic mass is 15.9. The second-order valence-electron chi connectivity index (χ2n) is 3.90. The van der Waals surface area contributed by atoms with Crippen LogP contribution in [0.4, 0.5) is 5.69 Å². The van der Waals surface area contributed by atoms with Crippen LogP contribution in [0.3, 0.4) is 0 Å². The van der Waals surface area contributed by atoms with Crippen LogP contribution >= 0.6 is 0 Å². The molecule has 0 saturated carbocycles. The third-order valence-corrected chi connectivity index (χ3v) is 2.98. The first-order chi connectivity index (χ1) is 8.28. The van der Waals surface area contributed by atoms with Crippen molar-refractivity contribution in [3.05, 3.63) is 30.3 Å². The van der Waals surface area contributed by atoms with Gasteiger partial charge in [0.1, 0.15) is 0 Å². The third-order valence-electron chi connectivity index (χ3n) is 2.98. The lowest BCUT2D eigenvalue weighted by Gasteiger charge is -2.42. The fourth-order valence-corrected chi connectivity index (χ4v) is 2.05. The van der Waals surface area contributed by atoms with E-state index in [0.717, 1.165) is 26.2 Å². The van der Waals surface area contributed by atoms with Crippen molar-refractivity contribution in [2.24, 2.45) is 0 Å². The third kappa shape index (κ3) is 3.45. The first kappa shape index (κ1) is 14.0. The van der Waals surface area contributed by atoms with Gasteiger partial charge < -0.3 is 0 Å². The summed E-state index contributed by atoms with van der Waals surface area (Å²) >= 11 is 0. The fraction of sp³-hybridized carbons (Fsp3) is 0.571. The zero-order valence-electron chi connectivity index (χ0n) is 11.6. The molecule has 96 valence electrons. The maximum atomic E-state index is 2.35. The zero-order chi connectivity index (χ0) is 12.7. The van der Waals surface area contributed by atoms with Crippen LogP contribution in [0.25, 0.3) is 0 Å². The summed E-state index contributed by atoms with van der Waals surface area (Å²) in [6.45, 7) is 12.9. The van der Waals surface area contributed by atoms with Crippen molar-refractivity contribution >= 4 is 5.69 Å². The molecule has 0 unspecified atom stereocenters. The molecule has 0 aliphatic carbocycles. The van der Waals surface area contributed by atoms with Gasteiger partial charge in [-0.1, -0.05) is 45.9 Å². The first-order valence-corrected chi connectivity index (χ1v) is 6.63. The van der Waals surface area contributed by atoms with Crippen molar-refractivity contribution in [3.63, 3.8) is 0 Å². The number of anilines is 1. The summed E-state index contributed by atoms with van der Waals surface area (Å²) in [4.78, 5) is 0. The molecule has 0 atom stereocenters. The van der Waals surface area contributed by atoms with E-state index in [1.54, 1.807) is 0 Å². The lowest BCUT2D eigenvalue weighted by atomic mass is 10.3. The topological polar surface area (TPSA) is 9.72 Å². The first-order valence-electron chi connectivity index (χ1n) is 6.63. The molecule has 1 aromatic carbocycles. The molecule has 0 aliphatic rings. The molecule has 3 nitrogen and oxygen atoms in total. The highest BCUT2D eigenvalue weighted by Crippen LogP contribution is 2.18. The summed E-state index contributed by atoms with van der Waals surface area (Å²) in [6, 6.07) is 10.6. The molecule has 1 aromatic rings. The molecule has 0 fully saturated rings. The fourth-order valence-electron chi connectivity index (χ4n) is 2.05. The molecule has 17 heavy (non-hydrogen) atoms. The highest BCUT2D eigenvalue weighted by Gasteiger charge is 2.18. The van der Waals surface area contributed by atoms with Gasteiger partial charge in [0.05, 0.1) is 5.69 Å². The molecule has 0 heterocycles. The molecule has 1 rings (SSSR count). The number of hydrogen-bond donors (Lipinski definition) is 0. The Morgan fingerprint density at radius 3 is 1.47 bits per heavy atom. The molecule has 0 saturated heterocycles. The van der Waals surface area contributed by atoms with Crippen molar-refractivity contribution < 1.29 is 0 Å². The highest BCUT2D eigenvalue weighted by molar-refractivity contribution is 5.43. The van der Waals surface area contributed by atoms with Crippen molar-refractivity contribution in [2.45, 2.75) is 27.7 Å². The Hall–Kier alpha value is -1.06. The van der Waals surface area contributed by atoms with E-state index in [1.807, 2.05) is 0 Å². The summed E-state index contributed by atoms with van der Waals surface area (Å²) in [5, 5.41) is 7.00. The van der Waals surface area contributed by atoms with Crippen LogP contribution in [0, 0.1) is 0 Å². The number of rotatable bonds is 7. The van der Waals surface area contributed by atoms with Gasteiger partial charge in [-0.2, -0.15) is 0 Å². The number of benzene rings is 1. The summed E-state index contributed by atoms with van der Waals surface area (Å²) in [5.74, 6) is 0. The molecule has 0 radical (unpaired) electrons. The predicted molar refractivity (Wildman–Crippen MR) is 74.8 cm³/mol. The largest absolute Gasteiger partial charge is 0.236 e. The molecule has 3 heteroatoms. The average molecular weight is 235 g/mol. The Morgan fingerprint density at radius 2 is 1.12 bits per heavy atom. The monoisotopic (exact) mass is 235 g/mol. The summed E-state index contributed by atoms with van der Waals surface area (Å²) < 4.78 is 0. The van der Waals surface area contributed by atoms with E-state index >= 15 is 0 Å². The van der Waals surface area contributed by atoms with Crippen LogP contribution in [0.15, 0.2) is 30.3 Å². The minimum absolute atomic E-state index is 1.02. The van der Waals surface area contributed by atoms with E-state index in [-0.39, 0.29) is 0 Å². The Kier molecular flexibility index (Phi) is 6.01. The van der Waals surface area contributed by atoms with E-state index in [1.165, 1.54) is 5.69 Å². The van der Waals surface area contributed by atoms with Crippen LogP contribution in [0.2, 0.25) is 0 Å². The number of nitrogens with zero attached hydrogens (tertiary/aromatic N) is 3. The van der Waals surface area contributed by atoms with Gasteiger partial charge in [0, 0.05) is 26.2 Å². The van der Waals surface area contributed by atoms with E-state index in [0.29, 0.717) is 0 Å². The average Bonchev–Trinajstić information content (AvgIpc) is 2.40. The van der Waals surface area contributed by atoms with Crippen LogP contribution in [-0.4, -0.2) is 36.2 Å². The van der Waals surface area contributed by atoms with Crippen LogP contribution in [0.5, 0.6) is 0 Å². The van der Waals surface area contributed by atoms with Gasteiger partial charge in [0.15, 0.2) is 0 Å². The van der Waals surface area contributed by atoms with Crippen molar-refractivity contribution in [2.75, 3.05) is 31.3 Å². The second kappa shape index (κ2) is 7.30. The quantitative estimate of drug-likeness (QED) is 0.673. The van der Waals surface area contributed by atoms with Crippen molar-refractivity contribution in [1.29, 1.82) is 0 Å². The standard InChI is InChI=1S/C14H25N3/c1-5-15(6-2)17(16(7-3)8-4)14-12-10-9-11-13-14/h9-13H,5-8H2,1-4H3. The molecular weight excluding hydrogens is 210 g/mol. The normalized spacial score (nSPS) is 11.2. The Bertz CT molecular complexity index is 280. The SMILES string of the molecule is CCN(CC)N(c1ccccc1)N(CC)CC. The zero-order valence-corrected chi connectivity index (χ0v) is 11.6. The van der Waals surface area contributed by atoms with E-state index < -0.39 is 0 Å². The summed E-state index contributed by atoms with van der Waals surface area (Å²) in [5.41, 5.74) is 1.24. The smallest absolute Gasteiger partial charge is 0.0707 e. The molecule has 0 N–H and O–H groups in total. The molecule has 0 bridgehead atoms.